The van der Waals surface area contributed by atoms with Gasteiger partial charge < -0.3 is 14.8 Å². The van der Waals surface area contributed by atoms with E-state index in [2.05, 4.69) is 5.32 Å². The van der Waals surface area contributed by atoms with Crippen molar-refractivity contribution in [1.29, 1.82) is 0 Å². The second-order valence-corrected chi connectivity index (χ2v) is 5.77. The van der Waals surface area contributed by atoms with Gasteiger partial charge in [0.2, 0.25) is 5.91 Å². The molecular weight excluding hydrogens is 318 g/mol. The highest BCUT2D eigenvalue weighted by Gasteiger charge is 2.11. The van der Waals surface area contributed by atoms with Gasteiger partial charge in [-0.3, -0.25) is 9.59 Å². The van der Waals surface area contributed by atoms with Crippen molar-refractivity contribution in [2.45, 2.75) is 20.3 Å². The van der Waals surface area contributed by atoms with Crippen molar-refractivity contribution in [1.82, 2.24) is 5.32 Å². The van der Waals surface area contributed by atoms with Crippen LogP contribution in [0.4, 0.5) is 0 Å². The first-order chi connectivity index (χ1) is 12.0. The number of hydrogen-bond donors (Lipinski definition) is 1. The molecule has 2 aromatic carbocycles. The Bertz CT molecular complexity index is 755. The van der Waals surface area contributed by atoms with Gasteiger partial charge in [0.05, 0.1) is 20.1 Å². The third-order valence-electron chi connectivity index (χ3n) is 3.72. The maximum absolute atomic E-state index is 12.1. The third kappa shape index (κ3) is 5.64. The number of carbonyl (C=O) groups is 2. The minimum absolute atomic E-state index is 0.0455. The fraction of sp³-hybridized carbons (Fsp3) is 0.300. The summed E-state index contributed by atoms with van der Waals surface area (Å²) >= 11 is 0. The molecule has 0 unspecified atom stereocenters. The van der Waals surface area contributed by atoms with Crippen LogP contribution in [0.25, 0.3) is 0 Å². The Kier molecular flexibility index (Phi) is 6.57. The summed E-state index contributed by atoms with van der Waals surface area (Å²) in [4.78, 5) is 23.6. The van der Waals surface area contributed by atoms with Crippen LogP contribution in [0, 0.1) is 6.92 Å². The van der Waals surface area contributed by atoms with Crippen LogP contribution in [0.5, 0.6) is 11.5 Å². The van der Waals surface area contributed by atoms with Crippen LogP contribution in [-0.4, -0.2) is 32.0 Å². The van der Waals surface area contributed by atoms with Gasteiger partial charge in [0.25, 0.3) is 0 Å². The standard InChI is InChI=1S/C20H23NO4/c1-14-5-4-6-18(11-14)25-10-9-21-20(23)13-17-12-16(15(2)22)7-8-19(17)24-3/h4-8,11-12H,9-10,13H2,1-3H3,(H,21,23). The Morgan fingerprint density at radius 1 is 1.12 bits per heavy atom. The Balaban J connectivity index is 1.85. The number of Topliss-reactive ketones (excluding diaryl/α,β-unsaturated/α-hetero) is 1. The van der Waals surface area contributed by atoms with E-state index in [-0.39, 0.29) is 18.1 Å². The molecule has 1 amide bonds. The average molecular weight is 341 g/mol. The molecule has 2 aromatic rings. The van der Waals surface area contributed by atoms with E-state index in [1.807, 2.05) is 31.2 Å². The average Bonchev–Trinajstić information content (AvgIpc) is 2.58. The van der Waals surface area contributed by atoms with E-state index in [0.29, 0.717) is 30.0 Å². The van der Waals surface area contributed by atoms with Crippen molar-refractivity contribution in [3.63, 3.8) is 0 Å². The molecule has 0 saturated carbocycles. The maximum atomic E-state index is 12.1. The molecule has 0 aromatic heterocycles. The predicted octanol–water partition coefficient (Wildman–Crippen LogP) is 2.94. The zero-order chi connectivity index (χ0) is 18.2. The molecule has 0 aliphatic carbocycles. The summed E-state index contributed by atoms with van der Waals surface area (Å²) in [5.74, 6) is 1.18. The lowest BCUT2D eigenvalue weighted by Gasteiger charge is -2.11. The zero-order valence-electron chi connectivity index (χ0n) is 14.8. The van der Waals surface area contributed by atoms with E-state index in [4.69, 9.17) is 9.47 Å². The lowest BCUT2D eigenvalue weighted by atomic mass is 10.0. The Morgan fingerprint density at radius 3 is 2.60 bits per heavy atom. The second kappa shape index (κ2) is 8.87. The summed E-state index contributed by atoms with van der Waals surface area (Å²) in [5.41, 5.74) is 2.37. The summed E-state index contributed by atoms with van der Waals surface area (Å²) in [5, 5.41) is 2.81. The summed E-state index contributed by atoms with van der Waals surface area (Å²) < 4.78 is 10.9. The molecule has 2 rings (SSSR count). The van der Waals surface area contributed by atoms with Gasteiger partial charge in [-0.05, 0) is 49.7 Å². The van der Waals surface area contributed by atoms with E-state index in [0.717, 1.165) is 11.3 Å². The smallest absolute Gasteiger partial charge is 0.224 e. The quantitative estimate of drug-likeness (QED) is 0.592. The molecule has 0 saturated heterocycles. The maximum Gasteiger partial charge on any atom is 0.224 e. The van der Waals surface area contributed by atoms with Crippen molar-refractivity contribution in [2.24, 2.45) is 0 Å². The largest absolute Gasteiger partial charge is 0.496 e. The number of ether oxygens (including phenoxy) is 2. The number of ketones is 1. The van der Waals surface area contributed by atoms with E-state index in [1.54, 1.807) is 25.3 Å². The highest BCUT2D eigenvalue weighted by Crippen LogP contribution is 2.20. The molecule has 132 valence electrons. The van der Waals surface area contributed by atoms with Gasteiger partial charge in [0.1, 0.15) is 18.1 Å². The number of amides is 1. The van der Waals surface area contributed by atoms with Crippen molar-refractivity contribution in [2.75, 3.05) is 20.3 Å². The zero-order valence-corrected chi connectivity index (χ0v) is 14.8. The molecule has 5 nitrogen and oxygen atoms in total. The normalized spacial score (nSPS) is 10.2. The Labute approximate surface area is 148 Å². The topological polar surface area (TPSA) is 64.6 Å². The Hall–Kier alpha value is -2.82. The fourth-order valence-corrected chi connectivity index (χ4v) is 2.44. The molecule has 0 spiro atoms. The van der Waals surface area contributed by atoms with Crippen molar-refractivity contribution < 1.29 is 19.1 Å². The van der Waals surface area contributed by atoms with Gasteiger partial charge in [0, 0.05) is 11.1 Å². The van der Waals surface area contributed by atoms with Crippen LogP contribution >= 0.6 is 0 Å². The van der Waals surface area contributed by atoms with Crippen LogP contribution in [0.3, 0.4) is 0 Å². The lowest BCUT2D eigenvalue weighted by Crippen LogP contribution is -2.29. The molecule has 0 aliphatic heterocycles. The fourth-order valence-electron chi connectivity index (χ4n) is 2.44. The molecule has 5 heteroatoms. The summed E-state index contributed by atoms with van der Waals surface area (Å²) in [7, 11) is 1.54. The van der Waals surface area contributed by atoms with Gasteiger partial charge in [-0.25, -0.2) is 0 Å². The SMILES string of the molecule is COc1ccc(C(C)=O)cc1CC(=O)NCCOc1cccc(C)c1. The minimum Gasteiger partial charge on any atom is -0.496 e. The van der Waals surface area contributed by atoms with Crippen LogP contribution in [-0.2, 0) is 11.2 Å². The number of hydrogen-bond acceptors (Lipinski definition) is 4. The first kappa shape index (κ1) is 18.5. The number of benzene rings is 2. The van der Waals surface area contributed by atoms with Crippen LogP contribution in [0.2, 0.25) is 0 Å². The highest BCUT2D eigenvalue weighted by molar-refractivity contribution is 5.94. The summed E-state index contributed by atoms with van der Waals surface area (Å²) in [6, 6.07) is 12.9. The Morgan fingerprint density at radius 2 is 1.92 bits per heavy atom. The number of rotatable bonds is 8. The monoisotopic (exact) mass is 341 g/mol. The number of carbonyl (C=O) groups excluding carboxylic acids is 2. The predicted molar refractivity (Wildman–Crippen MR) is 96.4 cm³/mol. The van der Waals surface area contributed by atoms with E-state index in [1.165, 1.54) is 6.92 Å². The molecule has 0 aliphatic rings. The molecule has 0 bridgehead atoms. The van der Waals surface area contributed by atoms with Gasteiger partial charge in [0.15, 0.2) is 5.78 Å². The molecule has 0 atom stereocenters. The van der Waals surface area contributed by atoms with Gasteiger partial charge in [-0.2, -0.15) is 0 Å². The van der Waals surface area contributed by atoms with Crippen LogP contribution < -0.4 is 14.8 Å². The molecule has 25 heavy (non-hydrogen) atoms. The van der Waals surface area contributed by atoms with Gasteiger partial charge >= 0.3 is 0 Å². The summed E-state index contributed by atoms with van der Waals surface area (Å²) in [6.07, 6.45) is 0.148. The van der Waals surface area contributed by atoms with Gasteiger partial charge in [-0.15, -0.1) is 0 Å². The van der Waals surface area contributed by atoms with E-state index in [9.17, 15) is 9.59 Å². The molecule has 0 radical (unpaired) electrons. The van der Waals surface area contributed by atoms with Crippen molar-refractivity contribution in [3.05, 3.63) is 59.2 Å². The first-order valence-electron chi connectivity index (χ1n) is 8.13. The van der Waals surface area contributed by atoms with Crippen LogP contribution in [0.15, 0.2) is 42.5 Å². The molecule has 0 heterocycles. The highest BCUT2D eigenvalue weighted by atomic mass is 16.5. The van der Waals surface area contributed by atoms with E-state index >= 15 is 0 Å². The van der Waals surface area contributed by atoms with Crippen molar-refractivity contribution >= 4 is 11.7 Å². The molecule has 1 N–H and O–H groups in total. The summed E-state index contributed by atoms with van der Waals surface area (Å²) in [6.45, 7) is 4.28. The molecular formula is C20H23NO4. The first-order valence-corrected chi connectivity index (χ1v) is 8.13. The lowest BCUT2D eigenvalue weighted by molar-refractivity contribution is -0.120. The minimum atomic E-state index is -0.146. The second-order valence-electron chi connectivity index (χ2n) is 5.77. The van der Waals surface area contributed by atoms with E-state index < -0.39 is 0 Å². The van der Waals surface area contributed by atoms with Gasteiger partial charge in [-0.1, -0.05) is 12.1 Å². The number of nitrogens with one attached hydrogen (secondary N) is 1. The molecule has 0 fully saturated rings. The van der Waals surface area contributed by atoms with Crippen molar-refractivity contribution in [3.8, 4) is 11.5 Å². The third-order valence-corrected chi connectivity index (χ3v) is 3.72. The number of methoxy groups -OCH3 is 1. The number of aryl methyl sites for hydroxylation is 1. The van der Waals surface area contributed by atoms with Crippen LogP contribution in [0.1, 0.15) is 28.4 Å².